The fraction of sp³-hybridized carbons (Fsp3) is 0.333. The van der Waals surface area contributed by atoms with Crippen molar-refractivity contribution in [3.63, 3.8) is 0 Å². The smallest absolute Gasteiger partial charge is 0.306 e. The molecule has 1 saturated carbocycles. The Labute approximate surface area is 158 Å². The number of nitrogens with one attached hydrogen (secondary N) is 1. The second-order valence-corrected chi connectivity index (χ2v) is 7.89. The molecule has 0 atom stereocenters. The average Bonchev–Trinajstić information content (AvgIpc) is 2.63. The number of hydrogen-bond donors (Lipinski definition) is 2. The molecule has 0 spiro atoms. The predicted molar refractivity (Wildman–Crippen MR) is 103 cm³/mol. The second-order valence-electron chi connectivity index (χ2n) is 6.77. The minimum Gasteiger partial charge on any atom is -0.481 e. The number of rotatable bonds is 5. The van der Waals surface area contributed by atoms with Crippen molar-refractivity contribution in [1.82, 2.24) is 5.32 Å². The van der Waals surface area contributed by atoms with Crippen molar-refractivity contribution in [3.8, 4) is 0 Å². The number of benzene rings is 2. The van der Waals surface area contributed by atoms with Gasteiger partial charge in [-0.3, -0.25) is 9.59 Å². The Morgan fingerprint density at radius 1 is 1.04 bits per heavy atom. The van der Waals surface area contributed by atoms with E-state index in [1.807, 2.05) is 55.5 Å². The molecule has 0 heterocycles. The number of aliphatic carboxylic acids is 1. The van der Waals surface area contributed by atoms with E-state index in [0.717, 1.165) is 28.2 Å². The summed E-state index contributed by atoms with van der Waals surface area (Å²) < 4.78 is 0. The quantitative estimate of drug-likeness (QED) is 0.813. The number of hydrogen-bond acceptors (Lipinski definition) is 3. The van der Waals surface area contributed by atoms with Crippen LogP contribution in [0.1, 0.15) is 41.6 Å². The van der Waals surface area contributed by atoms with Crippen LogP contribution in [-0.2, 0) is 4.79 Å². The van der Waals surface area contributed by atoms with Gasteiger partial charge < -0.3 is 10.4 Å². The summed E-state index contributed by atoms with van der Waals surface area (Å²) in [4.78, 5) is 25.9. The minimum atomic E-state index is -0.727. The molecule has 0 saturated heterocycles. The van der Waals surface area contributed by atoms with E-state index in [1.54, 1.807) is 11.8 Å². The Balaban J connectivity index is 1.70. The summed E-state index contributed by atoms with van der Waals surface area (Å²) >= 11 is 1.58. The molecule has 0 aliphatic heterocycles. The molecule has 2 N–H and O–H groups in total. The van der Waals surface area contributed by atoms with Crippen LogP contribution in [0.15, 0.2) is 58.3 Å². The molecule has 0 bridgehead atoms. The maximum absolute atomic E-state index is 12.8. The maximum Gasteiger partial charge on any atom is 0.306 e. The molecular formula is C21H23NO3S. The normalized spacial score (nSPS) is 19.7. The highest BCUT2D eigenvalue weighted by Gasteiger charge is 2.27. The van der Waals surface area contributed by atoms with Crippen LogP contribution in [0.3, 0.4) is 0 Å². The Hall–Kier alpha value is -2.27. The van der Waals surface area contributed by atoms with Gasteiger partial charge in [0.2, 0.25) is 0 Å². The van der Waals surface area contributed by atoms with Crippen LogP contribution in [-0.4, -0.2) is 23.0 Å². The van der Waals surface area contributed by atoms with Gasteiger partial charge in [0.1, 0.15) is 0 Å². The van der Waals surface area contributed by atoms with Gasteiger partial charge in [-0.2, -0.15) is 0 Å². The van der Waals surface area contributed by atoms with Gasteiger partial charge >= 0.3 is 5.97 Å². The topological polar surface area (TPSA) is 66.4 Å². The number of carboxylic acids is 1. The number of carbonyl (C=O) groups is 2. The fourth-order valence-corrected chi connectivity index (χ4v) is 4.33. The van der Waals surface area contributed by atoms with Crippen molar-refractivity contribution in [2.24, 2.45) is 5.92 Å². The van der Waals surface area contributed by atoms with E-state index in [0.29, 0.717) is 18.4 Å². The van der Waals surface area contributed by atoms with Crippen molar-refractivity contribution in [3.05, 3.63) is 59.7 Å². The van der Waals surface area contributed by atoms with Gasteiger partial charge in [-0.05, 0) is 62.4 Å². The van der Waals surface area contributed by atoms with Crippen molar-refractivity contribution in [2.45, 2.75) is 48.4 Å². The lowest BCUT2D eigenvalue weighted by molar-refractivity contribution is -0.142. The van der Waals surface area contributed by atoms with Crippen LogP contribution in [0, 0.1) is 12.8 Å². The van der Waals surface area contributed by atoms with E-state index in [2.05, 4.69) is 5.32 Å². The molecule has 1 amide bonds. The van der Waals surface area contributed by atoms with Gasteiger partial charge in [0.25, 0.3) is 5.91 Å². The molecular weight excluding hydrogens is 346 g/mol. The van der Waals surface area contributed by atoms with E-state index < -0.39 is 5.97 Å². The van der Waals surface area contributed by atoms with Gasteiger partial charge in [0.15, 0.2) is 0 Å². The number of aryl methyl sites for hydroxylation is 1. The molecule has 0 aromatic heterocycles. The average molecular weight is 369 g/mol. The van der Waals surface area contributed by atoms with Crippen molar-refractivity contribution >= 4 is 23.6 Å². The molecule has 2 aromatic carbocycles. The summed E-state index contributed by atoms with van der Waals surface area (Å²) in [6.45, 7) is 2.02. The van der Waals surface area contributed by atoms with Crippen molar-refractivity contribution in [1.29, 1.82) is 0 Å². The lowest BCUT2D eigenvalue weighted by Crippen LogP contribution is -2.38. The highest BCUT2D eigenvalue weighted by molar-refractivity contribution is 7.99. The molecule has 0 unspecified atom stereocenters. The van der Waals surface area contributed by atoms with Crippen LogP contribution in [0.4, 0.5) is 0 Å². The second kappa shape index (κ2) is 8.41. The Kier molecular flexibility index (Phi) is 5.99. The molecule has 3 rings (SSSR count). The monoisotopic (exact) mass is 369 g/mol. The zero-order valence-corrected chi connectivity index (χ0v) is 15.6. The van der Waals surface area contributed by atoms with Crippen LogP contribution in [0.25, 0.3) is 0 Å². The number of carboxylic acid groups (broad SMARTS) is 1. The maximum atomic E-state index is 12.8. The van der Waals surface area contributed by atoms with E-state index in [1.165, 1.54) is 0 Å². The number of carbonyl (C=O) groups excluding carboxylic acids is 1. The van der Waals surface area contributed by atoms with Gasteiger partial charge in [-0.15, -0.1) is 0 Å². The molecule has 1 aliphatic rings. The van der Waals surface area contributed by atoms with Gasteiger partial charge in [0.05, 0.1) is 11.5 Å². The van der Waals surface area contributed by atoms with Gasteiger partial charge in [-0.25, -0.2) is 0 Å². The molecule has 26 heavy (non-hydrogen) atoms. The fourth-order valence-electron chi connectivity index (χ4n) is 3.26. The zero-order chi connectivity index (χ0) is 18.5. The third-order valence-electron chi connectivity index (χ3n) is 4.76. The van der Waals surface area contributed by atoms with E-state index in [9.17, 15) is 9.59 Å². The van der Waals surface area contributed by atoms with E-state index in [4.69, 9.17) is 5.11 Å². The van der Waals surface area contributed by atoms with Gasteiger partial charge in [-0.1, -0.05) is 36.0 Å². The predicted octanol–water partition coefficient (Wildman–Crippen LogP) is 4.52. The van der Waals surface area contributed by atoms with E-state index >= 15 is 0 Å². The molecule has 0 radical (unpaired) electrons. The zero-order valence-electron chi connectivity index (χ0n) is 14.8. The molecule has 2 aromatic rings. The summed E-state index contributed by atoms with van der Waals surface area (Å²) in [5, 5.41) is 12.2. The Morgan fingerprint density at radius 3 is 2.38 bits per heavy atom. The molecule has 1 fully saturated rings. The van der Waals surface area contributed by atoms with Crippen molar-refractivity contribution in [2.75, 3.05) is 0 Å². The lowest BCUT2D eigenvalue weighted by atomic mass is 9.86. The summed E-state index contributed by atoms with van der Waals surface area (Å²) in [6, 6.07) is 15.9. The number of amides is 1. The van der Waals surface area contributed by atoms with Gasteiger partial charge in [0, 0.05) is 15.8 Å². The third-order valence-corrected chi connectivity index (χ3v) is 5.83. The van der Waals surface area contributed by atoms with E-state index in [-0.39, 0.29) is 17.9 Å². The summed E-state index contributed by atoms with van der Waals surface area (Å²) in [6.07, 6.45) is 2.69. The highest BCUT2D eigenvalue weighted by atomic mass is 32.2. The summed E-state index contributed by atoms with van der Waals surface area (Å²) in [5.41, 5.74) is 1.78. The van der Waals surface area contributed by atoms with Crippen LogP contribution in [0.2, 0.25) is 0 Å². The highest BCUT2D eigenvalue weighted by Crippen LogP contribution is 2.32. The van der Waals surface area contributed by atoms with Crippen LogP contribution < -0.4 is 5.32 Å². The standard InChI is InChI=1S/C21H23NO3S/c1-14-7-12-18(19(13-14)26-17-5-3-2-4-6-17)20(23)22-16-10-8-15(9-11-16)21(24)25/h2-7,12-13,15-16H,8-11H2,1H3,(H,22,23)(H,24,25). The van der Waals surface area contributed by atoms with Crippen LogP contribution >= 0.6 is 11.8 Å². The molecule has 136 valence electrons. The Morgan fingerprint density at radius 2 is 1.73 bits per heavy atom. The first-order valence-corrected chi connectivity index (χ1v) is 9.72. The third kappa shape index (κ3) is 4.67. The minimum absolute atomic E-state index is 0.0500. The summed E-state index contributed by atoms with van der Waals surface area (Å²) in [5.74, 6) is -1.08. The first kappa shape index (κ1) is 18.5. The first-order chi connectivity index (χ1) is 12.5. The Bertz CT molecular complexity index is 783. The molecule has 4 nitrogen and oxygen atoms in total. The SMILES string of the molecule is Cc1ccc(C(=O)NC2CCC(C(=O)O)CC2)c(Sc2ccccc2)c1. The largest absolute Gasteiger partial charge is 0.481 e. The summed E-state index contributed by atoms with van der Waals surface area (Å²) in [7, 11) is 0. The molecule has 5 heteroatoms. The van der Waals surface area contributed by atoms with Crippen LogP contribution in [0.5, 0.6) is 0 Å². The van der Waals surface area contributed by atoms with Crippen molar-refractivity contribution < 1.29 is 14.7 Å². The first-order valence-electron chi connectivity index (χ1n) is 8.90. The lowest BCUT2D eigenvalue weighted by Gasteiger charge is -2.27. The molecule has 1 aliphatic carbocycles.